The number of carbonyl (C=O) groups excluding carboxylic acids is 16. The number of aromatic hydroxyl groups is 2. The van der Waals surface area contributed by atoms with Gasteiger partial charge in [0.25, 0.3) is 6.47 Å². The maximum atomic E-state index is 15.5. The number of hydrogen-bond acceptors (Lipinski definition) is 21. The van der Waals surface area contributed by atoms with E-state index in [-0.39, 0.29) is 81.6 Å². The van der Waals surface area contributed by atoms with Crippen molar-refractivity contribution in [1.29, 1.82) is 0 Å². The van der Waals surface area contributed by atoms with Gasteiger partial charge in [-0.05, 0) is 95.4 Å². The number of amides is 11. The zero-order valence-corrected chi connectivity index (χ0v) is 74.5. The van der Waals surface area contributed by atoms with Crippen LogP contribution in [0.15, 0.2) is 170 Å². The Hall–Kier alpha value is -12.9. The fourth-order valence-corrected chi connectivity index (χ4v) is 16.4. The highest BCUT2D eigenvalue weighted by molar-refractivity contribution is 8.00. The van der Waals surface area contributed by atoms with Crippen molar-refractivity contribution in [2.75, 3.05) is 73.0 Å². The Morgan fingerprint density at radius 1 is 0.500 bits per heavy atom. The van der Waals surface area contributed by atoms with Crippen LogP contribution in [0, 0.1) is 23.7 Å². The second-order valence-electron chi connectivity index (χ2n) is 33.0. The van der Waals surface area contributed by atoms with Gasteiger partial charge in [-0.15, -0.1) is 11.8 Å². The maximum absolute atomic E-state index is 15.5. The van der Waals surface area contributed by atoms with Crippen molar-refractivity contribution in [3.8, 4) is 11.5 Å². The predicted octanol–water partition coefficient (Wildman–Crippen LogP) is 4.83. The van der Waals surface area contributed by atoms with Crippen molar-refractivity contribution in [1.82, 2.24) is 56.1 Å². The molecule has 1 aromatic heterocycles. The summed E-state index contributed by atoms with van der Waals surface area (Å²) in [5, 5.41) is 35.3. The SMILES string of the molecule is CCCC[C@H]1C(=O)N(C)CC(=O)C[C@@H](COC=O)C(=O)C[C@@H](C(C)C)C(=O)N(C)[C@@H](Cc2ccccc2)C(=O)N[C@@H](Cc2ccc(O)cc2)C(=O)N(C)CC(=O)N[C@@H](Cc2c[nH]c3ccccc23)C(=O)C[C@@H](Cc2ccc(O)cc2)C(=O)N[C@@H](CCN)C(=O)N[C@H](C(=O)CCC(N)=O)CSCC(=O)N[C@@H](Cc2ccccc2)C(=O)N(C)[C@@H](Cc2ccccc2)C(=O)N1C. The molecule has 1 aliphatic rings. The van der Waals surface area contributed by atoms with E-state index < -0.39 is 218 Å². The summed E-state index contributed by atoms with van der Waals surface area (Å²) in [5.74, 6) is -17.1. The first-order valence-corrected chi connectivity index (χ1v) is 44.1. The zero-order chi connectivity index (χ0) is 93.3. The lowest BCUT2D eigenvalue weighted by Gasteiger charge is -2.37. The molecule has 0 radical (unpaired) electrons. The van der Waals surface area contributed by atoms with E-state index in [0.717, 1.165) is 26.5 Å². The number of ketones is 4. The van der Waals surface area contributed by atoms with Crippen LogP contribution in [0.3, 0.4) is 0 Å². The monoisotopic (exact) mass is 1780 g/mol. The Labute approximate surface area is 749 Å². The number of hydrogen-bond donors (Lipinski definition) is 10. The topological polar surface area (TPSA) is 467 Å². The van der Waals surface area contributed by atoms with Gasteiger partial charge in [-0.3, -0.25) is 76.7 Å². The minimum atomic E-state index is -1.52. The number of nitrogens with two attached hydrogens (primary N) is 2. The molecule has 1 fully saturated rings. The molecule has 32 nitrogen and oxygen atoms in total. The third-order valence-electron chi connectivity index (χ3n) is 23.0. The van der Waals surface area contributed by atoms with Gasteiger partial charge in [0, 0.05) is 134 Å². The van der Waals surface area contributed by atoms with Crippen LogP contribution in [0.25, 0.3) is 10.9 Å². The molecule has 11 atom stereocenters. The van der Waals surface area contributed by atoms with E-state index in [4.69, 9.17) is 16.2 Å². The first-order chi connectivity index (χ1) is 61.2. The standard InChI is InChI=1S/C95H119N13O19S/c1-9-10-30-79-94(125)104(4)53-70(112)48-67(55-127-58-109)83(114)51-72(59(2)3)91(122)107(7)80(46-61-24-16-12-17-25-61)90(121)102-76(45-64-33-37-69(111)38-34-64)92(123)105(5)54-86(117)99-75(49-66-52-98-73-29-21-20-28-71(66)73)84(115)50-65(43-63-31-35-68(110)36-32-63)88(119)101-74(41-42-96)89(120)103-78(82(113)39-40-85(97)116)56-128-57-87(118)100-77(44-60-22-14-11-15-23-60)93(124)108(8)81(95(126)106(79)6)47-62-26-18-13-19-27-62/h11-29,31-38,52,58-59,65,67,72,74-81,98,110-111H,9-10,30,39-51,53-57,96H2,1-8H3,(H2,97,116)(H,99,117)(H,100,118)(H,101,119)(H,102,121)(H,103,120)/t65-,67+,72+,74+,75+,76+,77+,78+,79+,80+,81+/m1/s1. The molecule has 1 saturated heterocycles. The number of fused-ring (bicyclic) bond motifs is 1. The Morgan fingerprint density at radius 3 is 1.60 bits per heavy atom. The number of thioether (sulfide) groups is 1. The highest BCUT2D eigenvalue weighted by Crippen LogP contribution is 2.28. The lowest BCUT2D eigenvalue weighted by atomic mass is 9.84. The number of nitrogens with zero attached hydrogens (tertiary/aromatic N) is 5. The number of ether oxygens (including phenoxy) is 1. The Bertz CT molecular complexity index is 4980. The molecule has 0 saturated carbocycles. The van der Waals surface area contributed by atoms with Crippen molar-refractivity contribution in [3.63, 3.8) is 0 Å². The molecule has 2 heterocycles. The molecule has 6 aromatic carbocycles. The second kappa shape index (κ2) is 49.8. The fourth-order valence-electron chi connectivity index (χ4n) is 15.6. The smallest absolute Gasteiger partial charge is 0.293 e. The molecule has 7 aromatic rings. The summed E-state index contributed by atoms with van der Waals surface area (Å²) in [6, 6.07) is 33.4. The van der Waals surface area contributed by atoms with Crippen LogP contribution in [0.5, 0.6) is 11.5 Å². The van der Waals surface area contributed by atoms with Crippen molar-refractivity contribution in [2.45, 2.75) is 165 Å². The molecule has 8 rings (SSSR count). The first kappa shape index (κ1) is 101. The van der Waals surface area contributed by atoms with Gasteiger partial charge in [-0.2, -0.15) is 0 Å². The molecule has 33 heteroatoms. The van der Waals surface area contributed by atoms with Gasteiger partial charge in [0.2, 0.25) is 65.0 Å². The quantitative estimate of drug-likeness (QED) is 0.0342. The number of benzene rings is 6. The van der Waals surface area contributed by atoms with Crippen LogP contribution in [0.1, 0.15) is 112 Å². The summed E-state index contributed by atoms with van der Waals surface area (Å²) in [6.45, 7) is 3.14. The average Bonchev–Trinajstić information content (AvgIpc) is 1.60. The van der Waals surface area contributed by atoms with Crippen molar-refractivity contribution in [3.05, 3.63) is 203 Å². The van der Waals surface area contributed by atoms with E-state index in [0.29, 0.717) is 57.1 Å². The molecule has 0 aliphatic carbocycles. The number of phenolic OH excluding ortho intramolecular Hbond substituents is 2. The summed E-state index contributed by atoms with van der Waals surface area (Å²) in [6.07, 6.45) is -1.19. The van der Waals surface area contributed by atoms with E-state index >= 15 is 38.4 Å². The number of nitrogens with one attached hydrogen (secondary N) is 6. The lowest BCUT2D eigenvalue weighted by molar-refractivity contribution is -0.151. The summed E-state index contributed by atoms with van der Waals surface area (Å²) in [7, 11) is 6.81. The lowest BCUT2D eigenvalue weighted by Crippen LogP contribution is -2.58. The van der Waals surface area contributed by atoms with Crippen molar-refractivity contribution in [2.24, 2.45) is 35.1 Å². The van der Waals surface area contributed by atoms with Crippen LogP contribution in [0.2, 0.25) is 0 Å². The second-order valence-corrected chi connectivity index (χ2v) is 34.0. The fraction of sp³-hybridized carbons (Fsp3) is 0.432. The number of para-hydroxylation sites is 1. The largest absolute Gasteiger partial charge is 0.508 e. The van der Waals surface area contributed by atoms with Crippen molar-refractivity contribution >= 4 is 117 Å². The van der Waals surface area contributed by atoms with Gasteiger partial charge in [-0.25, -0.2) is 0 Å². The van der Waals surface area contributed by atoms with Gasteiger partial charge < -0.3 is 82.5 Å². The number of likely N-dealkylation sites (N-methyl/N-ethyl adjacent to an activating group) is 5. The van der Waals surface area contributed by atoms with E-state index in [1.54, 1.807) is 135 Å². The Kier molecular flexibility index (Phi) is 39.1. The molecular formula is C95H119N13O19S. The zero-order valence-electron chi connectivity index (χ0n) is 73.7. The van der Waals surface area contributed by atoms with E-state index in [1.807, 2.05) is 6.92 Å². The van der Waals surface area contributed by atoms with Gasteiger partial charge in [0.1, 0.15) is 60.1 Å². The Balaban J connectivity index is 1.20. The van der Waals surface area contributed by atoms with Gasteiger partial charge >= 0.3 is 0 Å². The van der Waals surface area contributed by atoms with E-state index in [9.17, 15) is 48.6 Å². The normalized spacial score (nSPS) is 22.1. The molecule has 11 amide bonds. The number of phenols is 2. The molecule has 128 heavy (non-hydrogen) atoms. The van der Waals surface area contributed by atoms with Crippen LogP contribution < -0.4 is 38.1 Å². The van der Waals surface area contributed by atoms with Gasteiger partial charge in [0.05, 0.1) is 36.8 Å². The van der Waals surface area contributed by atoms with Crippen LogP contribution in [0.4, 0.5) is 0 Å². The highest BCUT2D eigenvalue weighted by atomic mass is 32.2. The predicted molar refractivity (Wildman–Crippen MR) is 481 cm³/mol. The summed E-state index contributed by atoms with van der Waals surface area (Å²) >= 11 is 0.867. The Morgan fingerprint density at radius 2 is 1.02 bits per heavy atom. The molecular weight excluding hydrogens is 1660 g/mol. The van der Waals surface area contributed by atoms with Crippen molar-refractivity contribution < 1.29 is 91.7 Å². The number of primary amides is 1. The molecule has 0 bridgehead atoms. The molecule has 0 spiro atoms. The number of unbranched alkanes of at least 4 members (excludes halogenated alkanes) is 1. The van der Waals surface area contributed by atoms with Gasteiger partial charge in [0.15, 0.2) is 17.3 Å². The number of H-pyrrole nitrogens is 1. The third kappa shape index (κ3) is 30.1. The molecule has 0 unspecified atom stereocenters. The average molecular weight is 1780 g/mol. The number of Topliss-reactive ketones (excluding diaryl/α,β-unsaturated/α-hetero) is 4. The third-order valence-corrected chi connectivity index (χ3v) is 24.0. The van der Waals surface area contributed by atoms with Gasteiger partial charge in [-0.1, -0.05) is 167 Å². The van der Waals surface area contributed by atoms with Crippen LogP contribution in [-0.2, 0) is 120 Å². The number of aromatic amines is 1. The highest BCUT2D eigenvalue weighted by Gasteiger charge is 2.42. The first-order valence-electron chi connectivity index (χ1n) is 42.9. The number of carbonyl (C=O) groups is 16. The van der Waals surface area contributed by atoms with Crippen LogP contribution in [-0.4, -0.2) is 256 Å². The van der Waals surface area contributed by atoms with Crippen LogP contribution >= 0.6 is 11.8 Å². The maximum Gasteiger partial charge on any atom is 0.293 e. The molecule has 1 aliphatic heterocycles. The summed E-state index contributed by atoms with van der Waals surface area (Å²) < 4.78 is 5.15. The molecule has 12 N–H and O–H groups in total. The van der Waals surface area contributed by atoms with E-state index in [1.165, 1.54) is 93.6 Å². The summed E-state index contributed by atoms with van der Waals surface area (Å²) in [4.78, 5) is 243. The number of rotatable bonds is 25. The van der Waals surface area contributed by atoms with E-state index in [2.05, 4.69) is 31.6 Å². The summed E-state index contributed by atoms with van der Waals surface area (Å²) in [5.41, 5.74) is 15.6. The minimum Gasteiger partial charge on any atom is -0.508 e. The minimum absolute atomic E-state index is 0.0843. The molecule has 684 valence electrons. The number of aromatic nitrogens is 1.